The second-order valence-corrected chi connectivity index (χ2v) is 22.7. The molecular weight excluding hydrogens is 498 g/mol. The van der Waals surface area contributed by atoms with Crippen LogP contribution in [0.15, 0.2) is 0 Å². The van der Waals surface area contributed by atoms with E-state index in [2.05, 4.69) is 73.0 Å². The molecule has 1 amide bonds. The molecule has 2 aliphatic heterocycles. The van der Waals surface area contributed by atoms with E-state index in [0.717, 1.165) is 0 Å². The van der Waals surface area contributed by atoms with Crippen LogP contribution in [0, 0.1) is 0 Å². The van der Waals surface area contributed by atoms with E-state index >= 15 is 0 Å². The number of methoxy groups -OCH3 is 2. The van der Waals surface area contributed by atoms with Crippen molar-refractivity contribution in [1.82, 2.24) is 5.32 Å². The van der Waals surface area contributed by atoms with E-state index in [9.17, 15) is 9.59 Å². The predicted octanol–water partition coefficient (Wildman–Crippen LogP) is 3.98. The van der Waals surface area contributed by atoms with Gasteiger partial charge in [0, 0.05) is 20.5 Å². The van der Waals surface area contributed by atoms with Gasteiger partial charge in [-0.05, 0) is 36.3 Å². The molecule has 6 atom stereocenters. The molecule has 0 aromatic rings. The average molecular weight is 548 g/mol. The van der Waals surface area contributed by atoms with Gasteiger partial charge in [0.2, 0.25) is 5.91 Å². The molecule has 36 heavy (non-hydrogen) atoms. The summed E-state index contributed by atoms with van der Waals surface area (Å²) >= 11 is 0. The Morgan fingerprint density at radius 1 is 0.972 bits per heavy atom. The van der Waals surface area contributed by atoms with Crippen molar-refractivity contribution >= 4 is 28.5 Å². The summed E-state index contributed by atoms with van der Waals surface area (Å²) in [6.45, 7) is 23.5. The van der Waals surface area contributed by atoms with Gasteiger partial charge in [-0.1, -0.05) is 41.5 Å². The van der Waals surface area contributed by atoms with Crippen LogP contribution in [0.3, 0.4) is 0 Å². The van der Waals surface area contributed by atoms with Gasteiger partial charge < -0.3 is 33.1 Å². The van der Waals surface area contributed by atoms with Crippen LogP contribution in [-0.4, -0.2) is 85.6 Å². The molecule has 2 aliphatic rings. The van der Waals surface area contributed by atoms with E-state index in [4.69, 9.17) is 27.8 Å². The monoisotopic (exact) mass is 547 g/mol. The van der Waals surface area contributed by atoms with Crippen LogP contribution in [-0.2, 0) is 37.4 Å². The topological polar surface area (TPSA) is 105 Å². The third kappa shape index (κ3) is 6.78. The Balaban J connectivity index is 2.39. The van der Waals surface area contributed by atoms with Gasteiger partial charge in [-0.3, -0.25) is 4.79 Å². The zero-order valence-electron chi connectivity index (χ0n) is 24.6. The molecule has 2 fully saturated rings. The Kier molecular flexibility index (Phi) is 9.37. The van der Waals surface area contributed by atoms with Crippen LogP contribution in [0.1, 0.15) is 54.9 Å². The second-order valence-electron chi connectivity index (χ2n) is 13.1. The lowest BCUT2D eigenvalue weighted by molar-refractivity contribution is -0.289. The van der Waals surface area contributed by atoms with Gasteiger partial charge in [0.1, 0.15) is 18.3 Å². The van der Waals surface area contributed by atoms with Gasteiger partial charge in [-0.2, -0.15) is 0 Å². The summed E-state index contributed by atoms with van der Waals surface area (Å²) in [6, 6.07) is -0.535. The van der Waals surface area contributed by atoms with Gasteiger partial charge in [0.05, 0.1) is 25.9 Å². The Morgan fingerprint density at radius 2 is 1.53 bits per heavy atom. The van der Waals surface area contributed by atoms with Crippen LogP contribution >= 0.6 is 0 Å². The van der Waals surface area contributed by atoms with Crippen LogP contribution in [0.5, 0.6) is 0 Å². The Hall–Kier alpha value is -0.826. The number of rotatable bonds is 9. The third-order valence-electron chi connectivity index (χ3n) is 8.36. The van der Waals surface area contributed by atoms with Gasteiger partial charge in [-0.15, -0.1) is 0 Å². The maximum Gasteiger partial charge on any atom is 0.366 e. The number of epoxide rings is 1. The lowest BCUT2D eigenvalue weighted by atomic mass is 9.90. The molecule has 2 rings (SSSR count). The molecule has 11 heteroatoms. The molecular formula is C25H49NO8Si2. The maximum atomic E-state index is 12.9. The molecule has 2 heterocycles. The van der Waals surface area contributed by atoms with Gasteiger partial charge in [0.15, 0.2) is 16.6 Å². The standard InChI is InChI=1S/C25H49NO8Si2/c1-16(27)26-19-17(34-36(12,13)24(5,6)7)14-25(30-9,22(28)29-8)33-21(19)20-18(32-20)15-31-35(10,11)23(2,3)4/h17-21H,14-15H2,1-13H3,(H,26,27). The number of ether oxygens (including phenoxy) is 4. The fraction of sp³-hybridized carbons (Fsp3) is 0.920. The van der Waals surface area contributed by atoms with Crippen molar-refractivity contribution in [2.75, 3.05) is 20.8 Å². The van der Waals surface area contributed by atoms with Crippen molar-refractivity contribution in [3.8, 4) is 0 Å². The molecule has 210 valence electrons. The number of hydrogen-bond donors (Lipinski definition) is 1. The molecule has 0 radical (unpaired) electrons. The van der Waals surface area contributed by atoms with Crippen molar-refractivity contribution in [3.63, 3.8) is 0 Å². The fourth-order valence-electron chi connectivity index (χ4n) is 3.88. The van der Waals surface area contributed by atoms with Crippen LogP contribution in [0.4, 0.5) is 0 Å². The van der Waals surface area contributed by atoms with Crippen LogP contribution in [0.2, 0.25) is 36.3 Å². The summed E-state index contributed by atoms with van der Waals surface area (Å²) in [4.78, 5) is 25.2. The molecule has 0 aromatic carbocycles. The highest BCUT2D eigenvalue weighted by Gasteiger charge is 2.62. The summed E-state index contributed by atoms with van der Waals surface area (Å²) in [7, 11) is -1.57. The van der Waals surface area contributed by atoms with Gasteiger partial charge in [0.25, 0.3) is 5.79 Å². The molecule has 2 saturated heterocycles. The minimum absolute atomic E-state index is 0.0651. The van der Waals surface area contributed by atoms with Crippen molar-refractivity contribution in [2.45, 2.75) is 127 Å². The first-order valence-electron chi connectivity index (χ1n) is 12.8. The lowest BCUT2D eigenvalue weighted by Crippen LogP contribution is -2.67. The van der Waals surface area contributed by atoms with E-state index in [0.29, 0.717) is 6.61 Å². The minimum Gasteiger partial charge on any atom is -0.465 e. The molecule has 6 unspecified atom stereocenters. The largest absolute Gasteiger partial charge is 0.465 e. The Morgan fingerprint density at radius 3 is 1.97 bits per heavy atom. The van der Waals surface area contributed by atoms with E-state index < -0.39 is 52.7 Å². The third-order valence-corrected chi connectivity index (χ3v) is 17.4. The normalized spacial score (nSPS) is 31.6. The molecule has 0 bridgehead atoms. The summed E-state index contributed by atoms with van der Waals surface area (Å²) in [6.07, 6.45) is -1.76. The lowest BCUT2D eigenvalue weighted by Gasteiger charge is -2.49. The van der Waals surface area contributed by atoms with E-state index in [1.54, 1.807) is 0 Å². The quantitative estimate of drug-likeness (QED) is 0.263. The van der Waals surface area contributed by atoms with E-state index in [1.807, 2.05) is 0 Å². The molecule has 1 N–H and O–H groups in total. The number of carbonyl (C=O) groups excluding carboxylic acids is 2. The van der Waals surface area contributed by atoms with Crippen molar-refractivity contribution in [1.29, 1.82) is 0 Å². The SMILES string of the molecule is COC(=O)C1(OC)CC(O[Si](C)(C)C(C)(C)C)C(NC(C)=O)C(C2OC2CO[Si](C)(C)C(C)(C)C)O1. The highest BCUT2D eigenvalue weighted by Crippen LogP contribution is 2.45. The smallest absolute Gasteiger partial charge is 0.366 e. The summed E-state index contributed by atoms with van der Waals surface area (Å²) in [5.74, 6) is -2.52. The van der Waals surface area contributed by atoms with Crippen molar-refractivity contribution in [3.05, 3.63) is 0 Å². The summed E-state index contributed by atoms with van der Waals surface area (Å²) in [5.41, 5.74) is 0. The average Bonchev–Trinajstić information content (AvgIpc) is 3.50. The zero-order valence-corrected chi connectivity index (χ0v) is 26.6. The number of esters is 1. The first-order valence-corrected chi connectivity index (χ1v) is 18.6. The van der Waals surface area contributed by atoms with E-state index in [1.165, 1.54) is 21.1 Å². The van der Waals surface area contributed by atoms with E-state index in [-0.39, 0.29) is 28.5 Å². The Labute approximate surface area is 219 Å². The minimum atomic E-state index is -2.30. The van der Waals surface area contributed by atoms with Crippen molar-refractivity contribution in [2.24, 2.45) is 0 Å². The fourth-order valence-corrected chi connectivity index (χ4v) is 6.24. The highest BCUT2D eigenvalue weighted by atomic mass is 28.4. The zero-order chi connectivity index (χ0) is 27.9. The molecule has 0 aromatic heterocycles. The van der Waals surface area contributed by atoms with Gasteiger partial charge >= 0.3 is 5.97 Å². The number of nitrogens with one attached hydrogen (secondary N) is 1. The molecule has 0 spiro atoms. The number of carbonyl (C=O) groups is 2. The number of hydrogen-bond acceptors (Lipinski definition) is 8. The predicted molar refractivity (Wildman–Crippen MR) is 143 cm³/mol. The first kappa shape index (κ1) is 31.4. The maximum absolute atomic E-state index is 12.9. The summed E-state index contributed by atoms with van der Waals surface area (Å²) in [5, 5.41) is 3.01. The molecule has 9 nitrogen and oxygen atoms in total. The Bertz CT molecular complexity index is 807. The number of amides is 1. The molecule has 0 saturated carbocycles. The second kappa shape index (κ2) is 10.7. The molecule has 0 aliphatic carbocycles. The highest BCUT2D eigenvalue weighted by molar-refractivity contribution is 6.74. The summed E-state index contributed by atoms with van der Waals surface area (Å²) < 4.78 is 36.3. The van der Waals surface area contributed by atoms with Gasteiger partial charge in [-0.25, -0.2) is 4.79 Å². The van der Waals surface area contributed by atoms with Crippen LogP contribution < -0.4 is 5.32 Å². The first-order chi connectivity index (χ1) is 16.2. The van der Waals surface area contributed by atoms with Crippen molar-refractivity contribution < 1.29 is 37.4 Å². The van der Waals surface area contributed by atoms with Crippen LogP contribution in [0.25, 0.3) is 0 Å².